The number of fused-ring (bicyclic) bond motifs is 3. The summed E-state index contributed by atoms with van der Waals surface area (Å²) < 4.78 is 5.59. The van der Waals surface area contributed by atoms with Crippen LogP contribution < -0.4 is 20.8 Å². The molecule has 1 fully saturated rings. The third kappa shape index (κ3) is 1.66. The number of nitrogens with one attached hydrogen (secondary N) is 1. The van der Waals surface area contributed by atoms with Crippen molar-refractivity contribution in [3.05, 3.63) is 24.3 Å². The molecule has 19 heavy (non-hydrogen) atoms. The molecule has 0 aromatic heterocycles. The van der Waals surface area contributed by atoms with E-state index in [9.17, 15) is 9.59 Å². The fourth-order valence-corrected chi connectivity index (χ4v) is 2.42. The summed E-state index contributed by atoms with van der Waals surface area (Å²) in [5.41, 5.74) is 8.50. The molecule has 1 aromatic rings. The number of hydrogen-bond acceptors (Lipinski definition) is 4. The minimum absolute atomic E-state index is 0.241. The van der Waals surface area contributed by atoms with Crippen LogP contribution in [0.25, 0.3) is 0 Å². The van der Waals surface area contributed by atoms with Gasteiger partial charge in [0.15, 0.2) is 6.17 Å². The summed E-state index contributed by atoms with van der Waals surface area (Å²) >= 11 is 0. The Kier molecular flexibility index (Phi) is 2.48. The van der Waals surface area contributed by atoms with Gasteiger partial charge in [0.25, 0.3) is 5.91 Å². The zero-order chi connectivity index (χ0) is 13.6. The molecule has 2 unspecified atom stereocenters. The van der Waals surface area contributed by atoms with Crippen molar-refractivity contribution in [3.8, 4) is 5.75 Å². The van der Waals surface area contributed by atoms with Gasteiger partial charge in [0, 0.05) is 0 Å². The number of nitrogens with zero attached hydrogens (tertiary/aromatic N) is 2. The molecule has 0 aliphatic carbocycles. The van der Waals surface area contributed by atoms with Gasteiger partial charge >= 0.3 is 6.03 Å². The Morgan fingerprint density at radius 2 is 2.42 bits per heavy atom. The highest BCUT2D eigenvalue weighted by Gasteiger charge is 2.43. The molecule has 1 radical (unpaired) electrons. The van der Waals surface area contributed by atoms with Crippen LogP contribution in [0.4, 0.5) is 10.5 Å². The van der Waals surface area contributed by atoms with Crippen LogP contribution in [0, 0.1) is 6.07 Å². The van der Waals surface area contributed by atoms with Crippen LogP contribution in [0.2, 0.25) is 0 Å². The first-order valence-electron chi connectivity index (χ1n) is 5.90. The van der Waals surface area contributed by atoms with Gasteiger partial charge in [-0.2, -0.15) is 0 Å². The summed E-state index contributed by atoms with van der Waals surface area (Å²) in [6.45, 7) is 2.01. The first kappa shape index (κ1) is 11.6. The van der Waals surface area contributed by atoms with Gasteiger partial charge < -0.3 is 15.4 Å². The Hall–Kier alpha value is -2.44. The molecular formula is C12H13N4O3. The smallest absolute Gasteiger partial charge is 0.335 e. The fraction of sp³-hybridized carbons (Fsp3) is 0.333. The number of amides is 3. The second kappa shape index (κ2) is 4.04. The Bertz CT molecular complexity index is 548. The summed E-state index contributed by atoms with van der Waals surface area (Å²) in [5.74, 6) is 0.382. The average molecular weight is 261 g/mol. The number of benzene rings is 1. The molecule has 7 heteroatoms. The van der Waals surface area contributed by atoms with Crippen molar-refractivity contribution in [1.82, 2.24) is 10.4 Å². The summed E-state index contributed by atoms with van der Waals surface area (Å²) in [7, 11) is 0. The van der Waals surface area contributed by atoms with E-state index < -0.39 is 18.2 Å². The summed E-state index contributed by atoms with van der Waals surface area (Å²) in [6.07, 6.45) is -0.450. The molecule has 2 aliphatic heterocycles. The second-order valence-electron chi connectivity index (χ2n) is 4.45. The number of hydrazine groups is 1. The number of primary amides is 1. The first-order valence-corrected chi connectivity index (χ1v) is 5.90. The largest absolute Gasteiger partial charge is 0.487 e. The average Bonchev–Trinajstić information content (AvgIpc) is 2.41. The monoisotopic (exact) mass is 261 g/mol. The number of rotatable bonds is 0. The lowest BCUT2D eigenvalue weighted by atomic mass is 10.1. The minimum Gasteiger partial charge on any atom is -0.487 e. The van der Waals surface area contributed by atoms with Crippen molar-refractivity contribution >= 4 is 17.6 Å². The van der Waals surface area contributed by atoms with Crippen molar-refractivity contribution in [2.45, 2.75) is 19.1 Å². The van der Waals surface area contributed by atoms with Gasteiger partial charge in [0.1, 0.15) is 18.4 Å². The standard InChI is InChI=1S/C12H13N4O3/c1-7-11(17)14-16(12(13)18)10-6-19-9-5-3-2-4-8(9)15(7)10/h3-5,7,10H,6H2,1H3,(H2,13,18)(H,14,17). The summed E-state index contributed by atoms with van der Waals surface area (Å²) in [5, 5.41) is 1.10. The van der Waals surface area contributed by atoms with E-state index in [1.54, 1.807) is 25.1 Å². The van der Waals surface area contributed by atoms with Gasteiger partial charge in [-0.15, -0.1) is 0 Å². The number of carbonyl (C=O) groups is 2. The first-order chi connectivity index (χ1) is 9.09. The molecule has 0 bridgehead atoms. The maximum absolute atomic E-state index is 11.9. The molecule has 3 rings (SSSR count). The molecule has 2 aliphatic rings. The van der Waals surface area contributed by atoms with E-state index in [2.05, 4.69) is 11.5 Å². The van der Waals surface area contributed by atoms with Crippen LogP contribution in [-0.2, 0) is 4.79 Å². The maximum atomic E-state index is 11.9. The van der Waals surface area contributed by atoms with Crippen molar-refractivity contribution in [3.63, 3.8) is 0 Å². The Morgan fingerprint density at radius 3 is 3.16 bits per heavy atom. The van der Waals surface area contributed by atoms with Gasteiger partial charge in [-0.25, -0.2) is 9.80 Å². The zero-order valence-electron chi connectivity index (χ0n) is 10.3. The van der Waals surface area contributed by atoms with Gasteiger partial charge in [0.05, 0.1) is 5.69 Å². The number of nitrogens with two attached hydrogens (primary N) is 1. The molecule has 2 atom stereocenters. The minimum atomic E-state index is -0.720. The lowest BCUT2D eigenvalue weighted by molar-refractivity contribution is -0.130. The second-order valence-corrected chi connectivity index (χ2v) is 4.45. The van der Waals surface area contributed by atoms with E-state index in [1.807, 2.05) is 4.90 Å². The Morgan fingerprint density at radius 1 is 1.63 bits per heavy atom. The molecule has 7 nitrogen and oxygen atoms in total. The highest BCUT2D eigenvalue weighted by molar-refractivity contribution is 5.90. The van der Waals surface area contributed by atoms with E-state index in [-0.39, 0.29) is 12.5 Å². The highest BCUT2D eigenvalue weighted by Crippen LogP contribution is 2.36. The van der Waals surface area contributed by atoms with Crippen LogP contribution >= 0.6 is 0 Å². The summed E-state index contributed by atoms with van der Waals surface area (Å²) in [4.78, 5) is 25.2. The lowest BCUT2D eigenvalue weighted by Crippen LogP contribution is -2.72. The van der Waals surface area contributed by atoms with Crippen LogP contribution in [0.5, 0.6) is 5.75 Å². The van der Waals surface area contributed by atoms with Crippen LogP contribution in [-0.4, -0.2) is 35.8 Å². The Balaban J connectivity index is 2.06. The summed E-state index contributed by atoms with van der Waals surface area (Å²) in [6, 6.07) is 7.05. The molecular weight excluding hydrogens is 248 g/mol. The predicted octanol–water partition coefficient (Wildman–Crippen LogP) is -0.174. The van der Waals surface area contributed by atoms with Crippen molar-refractivity contribution < 1.29 is 14.3 Å². The van der Waals surface area contributed by atoms with E-state index in [4.69, 9.17) is 10.5 Å². The van der Waals surface area contributed by atoms with Gasteiger partial charge in [-0.1, -0.05) is 6.07 Å². The molecule has 0 spiro atoms. The van der Waals surface area contributed by atoms with Crippen LogP contribution in [0.3, 0.4) is 0 Å². The maximum Gasteiger partial charge on any atom is 0.335 e. The molecule has 2 heterocycles. The molecule has 1 aromatic carbocycles. The third-order valence-corrected chi connectivity index (χ3v) is 3.35. The van der Waals surface area contributed by atoms with Gasteiger partial charge in [-0.05, 0) is 25.1 Å². The zero-order valence-corrected chi connectivity index (χ0v) is 10.3. The van der Waals surface area contributed by atoms with E-state index in [0.717, 1.165) is 10.7 Å². The molecule has 3 amide bonds. The molecule has 3 N–H and O–H groups in total. The van der Waals surface area contributed by atoms with E-state index in [0.29, 0.717) is 5.75 Å². The highest BCUT2D eigenvalue weighted by atomic mass is 16.5. The third-order valence-electron chi connectivity index (χ3n) is 3.35. The van der Waals surface area contributed by atoms with E-state index >= 15 is 0 Å². The van der Waals surface area contributed by atoms with Crippen molar-refractivity contribution in [2.24, 2.45) is 5.73 Å². The quantitative estimate of drug-likeness (QED) is 0.678. The van der Waals surface area contributed by atoms with Crippen LogP contribution in [0.15, 0.2) is 18.2 Å². The van der Waals surface area contributed by atoms with Crippen LogP contribution in [0.1, 0.15) is 6.92 Å². The van der Waals surface area contributed by atoms with Crippen molar-refractivity contribution in [2.75, 3.05) is 11.5 Å². The topological polar surface area (TPSA) is 87.9 Å². The normalized spacial score (nSPS) is 25.0. The number of anilines is 1. The van der Waals surface area contributed by atoms with Gasteiger partial charge in [0.2, 0.25) is 0 Å². The number of hydrogen-bond donors (Lipinski definition) is 2. The van der Waals surface area contributed by atoms with Gasteiger partial charge in [-0.3, -0.25) is 10.2 Å². The predicted molar refractivity (Wildman–Crippen MR) is 66.1 cm³/mol. The SMILES string of the molecule is CC1C(=O)NN(C(N)=O)C2COc3cc[c]cc3N12. The van der Waals surface area contributed by atoms with E-state index in [1.165, 1.54) is 0 Å². The fourth-order valence-electron chi connectivity index (χ4n) is 2.42. The molecule has 0 saturated carbocycles. The number of ether oxygens (including phenoxy) is 1. The lowest BCUT2D eigenvalue weighted by Gasteiger charge is -2.49. The Labute approximate surface area is 109 Å². The molecule has 1 saturated heterocycles. The van der Waals surface area contributed by atoms with Crippen molar-refractivity contribution in [1.29, 1.82) is 0 Å². The molecule has 99 valence electrons. The number of urea groups is 1. The number of carbonyl (C=O) groups excluding carboxylic acids is 2.